The number of nitrogens with one attached hydrogen (secondary N) is 2. The number of quaternary nitrogens is 1. The van der Waals surface area contributed by atoms with Gasteiger partial charge in [0.25, 0.3) is 0 Å². The lowest BCUT2D eigenvalue weighted by atomic mass is 10.0. The summed E-state index contributed by atoms with van der Waals surface area (Å²) in [5, 5.41) is 14.1. The van der Waals surface area contributed by atoms with Crippen LogP contribution in [0.2, 0.25) is 0 Å². The van der Waals surface area contributed by atoms with Crippen molar-refractivity contribution in [3.8, 4) is 5.75 Å². The van der Waals surface area contributed by atoms with Gasteiger partial charge < -0.3 is 15.0 Å². The van der Waals surface area contributed by atoms with E-state index >= 15 is 0 Å². The number of piperidine rings is 1. The van der Waals surface area contributed by atoms with Gasteiger partial charge in [-0.25, -0.2) is 15.7 Å². The molecule has 2 aliphatic heterocycles. The molecular weight excluding hydrogens is 378 g/mol. The van der Waals surface area contributed by atoms with Crippen LogP contribution in [0.15, 0.2) is 40.1 Å². The van der Waals surface area contributed by atoms with Crippen LogP contribution in [0.5, 0.6) is 5.75 Å². The first-order valence-corrected chi connectivity index (χ1v) is 9.59. The Labute approximate surface area is 169 Å². The third kappa shape index (κ3) is 5.68. The van der Waals surface area contributed by atoms with Crippen LogP contribution in [-0.4, -0.2) is 55.1 Å². The number of hydrogen-bond donors (Lipinski definition) is 3. The number of benzene rings is 1. The number of hydrazone groups is 1. The van der Waals surface area contributed by atoms with Crippen molar-refractivity contribution in [2.45, 2.75) is 39.3 Å². The first kappa shape index (κ1) is 21.1. The molecule has 3 rings (SSSR count). The number of hydrogen-bond acceptors (Lipinski definition) is 5. The van der Waals surface area contributed by atoms with Crippen LogP contribution < -0.4 is 15.5 Å². The minimum Gasteiger partial charge on any atom is -0.434 e. The first-order valence-electron chi connectivity index (χ1n) is 9.59. The second-order valence-electron chi connectivity index (χ2n) is 7.45. The molecule has 1 saturated heterocycles. The molecule has 0 unspecified atom stereocenters. The fourth-order valence-electron chi connectivity index (χ4n) is 3.51. The zero-order chi connectivity index (χ0) is 21.0. The summed E-state index contributed by atoms with van der Waals surface area (Å²) in [6, 6.07) is 5.24. The molecule has 1 aromatic carbocycles. The number of ether oxygens (including phenoxy) is 1. The smallest absolute Gasteiger partial charge is 0.387 e. The Balaban J connectivity index is 1.94. The molecule has 9 heteroatoms. The predicted octanol–water partition coefficient (Wildman–Crippen LogP) is 1.84. The van der Waals surface area contributed by atoms with E-state index in [2.05, 4.69) is 22.5 Å². The zero-order valence-electron chi connectivity index (χ0n) is 16.9. The van der Waals surface area contributed by atoms with Crippen molar-refractivity contribution >= 4 is 17.4 Å². The molecule has 7 nitrogen and oxygen atoms in total. The summed E-state index contributed by atoms with van der Waals surface area (Å²) in [7, 11) is 2.08. The number of likely N-dealkylation sites (tertiary alicyclic amines) is 1. The van der Waals surface area contributed by atoms with E-state index in [4.69, 9.17) is 15.1 Å². The lowest BCUT2D eigenvalue weighted by molar-refractivity contribution is -0.481. The Hall–Kier alpha value is -2.65. The molecule has 2 heterocycles. The quantitative estimate of drug-likeness (QED) is 0.653. The molecule has 0 aliphatic carbocycles. The van der Waals surface area contributed by atoms with E-state index < -0.39 is 6.61 Å². The highest BCUT2D eigenvalue weighted by atomic mass is 19.3. The van der Waals surface area contributed by atoms with E-state index in [-0.39, 0.29) is 11.8 Å². The lowest BCUT2D eigenvalue weighted by Crippen LogP contribution is -2.92. The third-order valence-corrected chi connectivity index (χ3v) is 4.75. The van der Waals surface area contributed by atoms with Crippen molar-refractivity contribution in [3.63, 3.8) is 0 Å². The van der Waals surface area contributed by atoms with Gasteiger partial charge in [0.05, 0.1) is 11.6 Å². The molecule has 1 fully saturated rings. The topological polar surface area (TPSA) is 89.7 Å². The van der Waals surface area contributed by atoms with Crippen molar-refractivity contribution < 1.29 is 18.8 Å². The molecule has 0 radical (unpaired) electrons. The fourth-order valence-corrected chi connectivity index (χ4v) is 3.51. The van der Waals surface area contributed by atoms with Crippen LogP contribution in [0.3, 0.4) is 0 Å². The van der Waals surface area contributed by atoms with Gasteiger partial charge in [0.2, 0.25) is 0 Å². The van der Waals surface area contributed by atoms with Gasteiger partial charge in [0.15, 0.2) is 11.4 Å². The highest BCUT2D eigenvalue weighted by Gasteiger charge is 2.27. The maximum atomic E-state index is 12.9. The van der Waals surface area contributed by atoms with E-state index in [9.17, 15) is 8.78 Å². The van der Waals surface area contributed by atoms with Gasteiger partial charge >= 0.3 is 12.6 Å². The molecule has 1 atom stereocenters. The van der Waals surface area contributed by atoms with Crippen LogP contribution in [-0.2, 0) is 0 Å². The molecule has 0 amide bonds. The summed E-state index contributed by atoms with van der Waals surface area (Å²) >= 11 is 0. The summed E-state index contributed by atoms with van der Waals surface area (Å²) in [6.07, 6.45) is 3.74. The van der Waals surface area contributed by atoms with E-state index in [0.717, 1.165) is 31.5 Å². The highest BCUT2D eigenvalue weighted by Crippen LogP contribution is 2.25. The van der Waals surface area contributed by atoms with Crippen LogP contribution in [0.1, 0.15) is 30.9 Å². The Morgan fingerprint density at radius 1 is 1.48 bits per heavy atom. The van der Waals surface area contributed by atoms with Crippen LogP contribution in [0.25, 0.3) is 0 Å². The number of halogens is 2. The molecule has 0 bridgehead atoms. The van der Waals surface area contributed by atoms with E-state index in [1.807, 2.05) is 6.07 Å². The SMILES string of the molecule is CC(=N)/C=C1\[NH2+]C(=N[C@H]2CCCN(C)C2)NN=C1c1ccc(C)cc1OC(F)F. The second kappa shape index (κ2) is 9.23. The van der Waals surface area contributed by atoms with Gasteiger partial charge in [-0.05, 0) is 58.0 Å². The number of alkyl halides is 2. The number of likely N-dealkylation sites (N-methyl/N-ethyl adjacent to an activating group) is 1. The summed E-state index contributed by atoms with van der Waals surface area (Å²) in [5.74, 6) is 0.654. The maximum Gasteiger partial charge on any atom is 0.387 e. The van der Waals surface area contributed by atoms with E-state index in [1.54, 1.807) is 37.4 Å². The zero-order valence-corrected chi connectivity index (χ0v) is 16.9. The maximum absolute atomic E-state index is 12.9. The number of allylic oxidation sites excluding steroid dienone is 2. The molecule has 0 aromatic heterocycles. The molecule has 156 valence electrons. The fraction of sp³-hybridized carbons (Fsp3) is 0.450. The van der Waals surface area contributed by atoms with Gasteiger partial charge in [-0.15, -0.1) is 0 Å². The average Bonchev–Trinajstić information content (AvgIpc) is 2.62. The molecule has 29 heavy (non-hydrogen) atoms. The molecule has 0 spiro atoms. The van der Waals surface area contributed by atoms with Crippen molar-refractivity contribution in [2.24, 2.45) is 10.1 Å². The molecule has 0 saturated carbocycles. The Morgan fingerprint density at radius 2 is 2.28 bits per heavy atom. The summed E-state index contributed by atoms with van der Waals surface area (Å²) in [5.41, 5.74) is 5.56. The number of aryl methyl sites for hydroxylation is 1. The molecule has 1 aromatic rings. The van der Waals surface area contributed by atoms with Gasteiger partial charge in [-0.2, -0.15) is 13.9 Å². The predicted molar refractivity (Wildman–Crippen MR) is 109 cm³/mol. The van der Waals surface area contributed by atoms with Gasteiger partial charge in [-0.3, -0.25) is 0 Å². The Kier molecular flexibility index (Phi) is 6.71. The van der Waals surface area contributed by atoms with Crippen molar-refractivity contribution in [1.29, 1.82) is 5.41 Å². The summed E-state index contributed by atoms with van der Waals surface area (Å²) < 4.78 is 30.5. The standard InChI is InChI=1S/C20H26F2N6O/c1-12-6-7-15(17(9-12)29-19(21)22)18-16(10-13(2)23)25-20(27-26-18)24-14-5-4-8-28(3)11-14/h6-7,9-10,14,19,23H,4-5,8,11H2,1-3H3,(H2,24,25,27)/p+1/b16-10-,23-13?/t14-/m0/s1. The summed E-state index contributed by atoms with van der Waals surface area (Å²) in [6.45, 7) is 2.47. The largest absolute Gasteiger partial charge is 0.434 e. The van der Waals surface area contributed by atoms with Gasteiger partial charge in [0, 0.05) is 18.3 Å². The average molecular weight is 405 g/mol. The monoisotopic (exact) mass is 405 g/mol. The van der Waals surface area contributed by atoms with Crippen molar-refractivity contribution in [1.82, 2.24) is 10.3 Å². The van der Waals surface area contributed by atoms with Gasteiger partial charge in [0.1, 0.15) is 5.75 Å². The van der Waals surface area contributed by atoms with Crippen molar-refractivity contribution in [2.75, 3.05) is 20.1 Å². The minimum atomic E-state index is -2.94. The van der Waals surface area contributed by atoms with Crippen LogP contribution in [0.4, 0.5) is 8.78 Å². The Morgan fingerprint density at radius 3 is 2.97 bits per heavy atom. The van der Waals surface area contributed by atoms with E-state index in [0.29, 0.717) is 28.6 Å². The molecule has 2 aliphatic rings. The lowest BCUT2D eigenvalue weighted by Gasteiger charge is -2.27. The molecule has 4 N–H and O–H groups in total. The number of guanidine groups is 1. The third-order valence-electron chi connectivity index (χ3n) is 4.75. The van der Waals surface area contributed by atoms with Crippen LogP contribution in [0, 0.1) is 12.3 Å². The number of aliphatic imine (C=N–C) groups is 1. The normalized spacial score (nSPS) is 23.2. The number of rotatable bonds is 5. The van der Waals surface area contributed by atoms with E-state index in [1.165, 1.54) is 0 Å². The highest BCUT2D eigenvalue weighted by molar-refractivity contribution is 6.16. The summed E-state index contributed by atoms with van der Waals surface area (Å²) in [4.78, 5) is 7.00. The number of nitrogens with two attached hydrogens (primary N) is 1. The minimum absolute atomic E-state index is 0.0526. The molecular formula is C20H27F2N6O+. The first-order chi connectivity index (χ1) is 13.8. The second-order valence-corrected chi connectivity index (χ2v) is 7.45. The van der Waals surface area contributed by atoms with Gasteiger partial charge in [-0.1, -0.05) is 6.07 Å². The Bertz CT molecular complexity index is 865. The number of nitrogens with zero attached hydrogens (tertiary/aromatic N) is 3. The van der Waals surface area contributed by atoms with Crippen LogP contribution >= 0.6 is 0 Å². The van der Waals surface area contributed by atoms with Crippen molar-refractivity contribution in [3.05, 3.63) is 41.1 Å².